The molecule has 0 bridgehead atoms. The fourth-order valence-corrected chi connectivity index (χ4v) is 9.87. The average Bonchev–Trinajstić information content (AvgIpc) is 3.86. The van der Waals surface area contributed by atoms with Crippen LogP contribution in [0.5, 0.6) is 11.5 Å². The van der Waals surface area contributed by atoms with Gasteiger partial charge in [0.1, 0.15) is 22.7 Å². The Kier molecular flexibility index (Phi) is 15.0. The molecule has 0 spiro atoms. The van der Waals surface area contributed by atoms with Gasteiger partial charge in [-0.25, -0.2) is 9.59 Å². The summed E-state index contributed by atoms with van der Waals surface area (Å²) in [5, 5.41) is 34.9. The van der Waals surface area contributed by atoms with Gasteiger partial charge < -0.3 is 29.5 Å². The van der Waals surface area contributed by atoms with Crippen LogP contribution in [0.3, 0.4) is 0 Å². The first-order valence-electron chi connectivity index (χ1n) is 24.4. The smallest absolute Gasteiger partial charge is 0.338 e. The van der Waals surface area contributed by atoms with Crippen LogP contribution >= 0.6 is 0 Å². The molecule has 2 atom stereocenters. The van der Waals surface area contributed by atoms with Crippen LogP contribution < -0.4 is 9.47 Å². The van der Waals surface area contributed by atoms with Crippen molar-refractivity contribution in [2.45, 2.75) is 43.8 Å². The lowest BCUT2D eigenvalue weighted by molar-refractivity contribution is -0.140. The van der Waals surface area contributed by atoms with Gasteiger partial charge in [0.15, 0.2) is 0 Å². The maximum Gasteiger partial charge on any atom is 0.338 e. The minimum Gasteiger partial charge on any atom is -0.494 e. The molecule has 0 heterocycles. The van der Waals surface area contributed by atoms with Crippen molar-refractivity contribution in [3.63, 3.8) is 0 Å². The summed E-state index contributed by atoms with van der Waals surface area (Å²) in [4.78, 5) is 26.1. The maximum atomic E-state index is 13.4. The Morgan fingerprint density at radius 2 is 0.819 bits per heavy atom. The predicted octanol–water partition coefficient (Wildman–Crippen LogP) is 12.1. The summed E-state index contributed by atoms with van der Waals surface area (Å²) in [5.41, 5.74) is 5.72. The SMILES string of the molecule is CCOC(=O)C1=C(c2ccccc2)c2ccc(OCCCc3ccccc3)cc2C1(O)c1ccccc1.O=C(O)C1=C(c2ccccc2)c2ccc(OCCCc3ccccc3)cc2C1(O)c1ccccc1. The number of hydrogen-bond donors (Lipinski definition) is 3. The highest BCUT2D eigenvalue weighted by atomic mass is 16.5. The Morgan fingerprint density at radius 1 is 0.458 bits per heavy atom. The first kappa shape index (κ1) is 48.7. The number of ether oxygens (including phenoxy) is 3. The second kappa shape index (κ2) is 22.2. The molecule has 0 aliphatic heterocycles. The van der Waals surface area contributed by atoms with Crippen molar-refractivity contribution in [3.8, 4) is 11.5 Å². The average molecular weight is 953 g/mol. The monoisotopic (exact) mass is 952 g/mol. The topological polar surface area (TPSA) is 123 Å². The highest BCUT2D eigenvalue weighted by Crippen LogP contribution is 2.53. The Labute approximate surface area is 420 Å². The third kappa shape index (κ3) is 10.0. The number of carboxylic acid groups (broad SMARTS) is 1. The third-order valence-corrected chi connectivity index (χ3v) is 13.2. The molecule has 0 aromatic heterocycles. The molecular weight excluding hydrogens is 897 g/mol. The summed E-state index contributed by atoms with van der Waals surface area (Å²) in [6.07, 6.45) is 3.54. The van der Waals surface area contributed by atoms with Gasteiger partial charge in [-0.05, 0) is 101 Å². The molecule has 2 unspecified atom stereocenters. The van der Waals surface area contributed by atoms with E-state index in [9.17, 15) is 24.9 Å². The summed E-state index contributed by atoms with van der Waals surface area (Å²) in [6.45, 7) is 3.04. The first-order chi connectivity index (χ1) is 35.2. The van der Waals surface area contributed by atoms with Crippen LogP contribution in [-0.4, -0.2) is 47.1 Å². The largest absolute Gasteiger partial charge is 0.494 e. The number of carbonyl (C=O) groups excluding carboxylic acids is 1. The van der Waals surface area contributed by atoms with E-state index in [1.165, 1.54) is 11.1 Å². The molecule has 10 rings (SSSR count). The minimum absolute atomic E-state index is 0.0499. The third-order valence-electron chi connectivity index (χ3n) is 13.2. The lowest BCUT2D eigenvalue weighted by Gasteiger charge is -2.28. The number of aliphatic hydroxyl groups is 2. The van der Waals surface area contributed by atoms with E-state index in [2.05, 4.69) is 24.3 Å². The number of carboxylic acids is 1. The molecule has 8 aromatic rings. The molecule has 0 saturated heterocycles. The molecule has 8 aromatic carbocycles. The first-order valence-corrected chi connectivity index (χ1v) is 24.4. The van der Waals surface area contributed by atoms with Crippen molar-refractivity contribution in [2.24, 2.45) is 0 Å². The minimum atomic E-state index is -1.81. The Bertz CT molecular complexity index is 3190. The van der Waals surface area contributed by atoms with E-state index in [-0.39, 0.29) is 17.8 Å². The zero-order valence-electron chi connectivity index (χ0n) is 40.1. The zero-order chi connectivity index (χ0) is 49.9. The van der Waals surface area contributed by atoms with Gasteiger partial charge >= 0.3 is 11.9 Å². The van der Waals surface area contributed by atoms with Crippen LogP contribution in [0.4, 0.5) is 0 Å². The second-order valence-corrected chi connectivity index (χ2v) is 17.7. The second-order valence-electron chi connectivity index (χ2n) is 17.7. The number of hydrogen-bond acceptors (Lipinski definition) is 7. The van der Waals surface area contributed by atoms with E-state index < -0.39 is 23.1 Å². The fraction of sp³-hybridized carbons (Fsp3) is 0.156. The molecule has 0 saturated carbocycles. The molecule has 0 fully saturated rings. The van der Waals surface area contributed by atoms with Gasteiger partial charge in [0.25, 0.3) is 0 Å². The summed E-state index contributed by atoms with van der Waals surface area (Å²) in [5.74, 6) is -0.435. The number of rotatable bonds is 17. The van der Waals surface area contributed by atoms with Crippen LogP contribution in [0, 0.1) is 0 Å². The van der Waals surface area contributed by atoms with Gasteiger partial charge in [-0.15, -0.1) is 0 Å². The van der Waals surface area contributed by atoms with Crippen molar-refractivity contribution in [1.82, 2.24) is 0 Å². The molecule has 2 aliphatic carbocycles. The van der Waals surface area contributed by atoms with Gasteiger partial charge in [0.05, 0.1) is 31.0 Å². The summed E-state index contributed by atoms with van der Waals surface area (Å²) in [7, 11) is 0. The van der Waals surface area contributed by atoms with Crippen LogP contribution in [0.1, 0.15) is 75.4 Å². The van der Waals surface area contributed by atoms with Gasteiger partial charge in [-0.1, -0.05) is 194 Å². The number of benzene rings is 8. The zero-order valence-corrected chi connectivity index (χ0v) is 40.1. The quantitative estimate of drug-likeness (QED) is 0.0609. The van der Waals surface area contributed by atoms with E-state index in [1.807, 2.05) is 164 Å². The molecule has 8 heteroatoms. The molecule has 8 nitrogen and oxygen atoms in total. The molecule has 72 heavy (non-hydrogen) atoms. The van der Waals surface area contributed by atoms with Crippen LogP contribution in [0.2, 0.25) is 0 Å². The Balaban J connectivity index is 0.000000178. The highest BCUT2D eigenvalue weighted by molar-refractivity contribution is 6.09. The molecule has 3 N–H and O–H groups in total. The highest BCUT2D eigenvalue weighted by Gasteiger charge is 2.50. The molecular formula is C64H56O8. The van der Waals surface area contributed by atoms with Crippen molar-refractivity contribution in [1.29, 1.82) is 0 Å². The normalized spacial score (nSPS) is 16.5. The van der Waals surface area contributed by atoms with Crippen LogP contribution in [0.25, 0.3) is 11.1 Å². The number of aryl methyl sites for hydroxylation is 2. The number of fused-ring (bicyclic) bond motifs is 2. The van der Waals surface area contributed by atoms with Gasteiger partial charge in [-0.3, -0.25) is 0 Å². The van der Waals surface area contributed by atoms with Crippen molar-refractivity contribution < 1.29 is 39.1 Å². The van der Waals surface area contributed by atoms with Gasteiger partial charge in [-0.2, -0.15) is 0 Å². The lowest BCUT2D eigenvalue weighted by atomic mass is 9.83. The number of esters is 1. The summed E-state index contributed by atoms with van der Waals surface area (Å²) >= 11 is 0. The van der Waals surface area contributed by atoms with Crippen LogP contribution in [-0.2, 0) is 38.4 Å². The maximum absolute atomic E-state index is 13.4. The number of carbonyl (C=O) groups is 2. The van der Waals surface area contributed by atoms with Crippen LogP contribution in [0.15, 0.2) is 230 Å². The van der Waals surface area contributed by atoms with Crippen molar-refractivity contribution in [2.75, 3.05) is 19.8 Å². The van der Waals surface area contributed by atoms with Crippen molar-refractivity contribution >= 4 is 23.1 Å². The van der Waals surface area contributed by atoms with E-state index in [0.29, 0.717) is 63.7 Å². The summed E-state index contributed by atoms with van der Waals surface area (Å²) in [6, 6.07) is 69.0. The molecule has 0 radical (unpaired) electrons. The van der Waals surface area contributed by atoms with E-state index >= 15 is 0 Å². The lowest BCUT2D eigenvalue weighted by Crippen LogP contribution is -2.32. The van der Waals surface area contributed by atoms with E-state index in [4.69, 9.17) is 14.2 Å². The fourth-order valence-electron chi connectivity index (χ4n) is 9.87. The Hall–Kier alpha value is -8.30. The summed E-state index contributed by atoms with van der Waals surface area (Å²) < 4.78 is 17.7. The van der Waals surface area contributed by atoms with Gasteiger partial charge in [0.2, 0.25) is 0 Å². The molecule has 2 aliphatic rings. The number of aliphatic carboxylic acids is 1. The van der Waals surface area contributed by atoms with E-state index in [1.54, 1.807) is 37.3 Å². The Morgan fingerprint density at radius 3 is 1.21 bits per heavy atom. The van der Waals surface area contributed by atoms with Crippen molar-refractivity contribution in [3.05, 3.63) is 285 Å². The van der Waals surface area contributed by atoms with Gasteiger partial charge in [0, 0.05) is 22.3 Å². The molecule has 0 amide bonds. The predicted molar refractivity (Wildman–Crippen MR) is 281 cm³/mol. The van der Waals surface area contributed by atoms with E-state index in [0.717, 1.165) is 42.4 Å². The molecule has 360 valence electrons. The standard InChI is InChI=1S/C33H30O4.C31H26O4/c1-2-36-32(34)31-30(25-16-8-4-9-17-25)28-21-20-27(37-22-12-15-24-13-6-3-7-14-24)23-29(28)33(31,35)26-18-10-5-11-19-26;32-30(33)29-28(23-14-6-2-7-15-23)26-19-18-25(35-20-10-13-22-11-4-1-5-12-22)21-27(26)31(29,34)24-16-8-3-9-17-24/h3-11,13-14,16-21,23,35H,2,12,15,22H2,1H3;1-9,11-12,14-19,21,34H,10,13,20H2,(H,32,33).